The van der Waals surface area contributed by atoms with E-state index in [9.17, 15) is 9.90 Å². The van der Waals surface area contributed by atoms with E-state index in [4.69, 9.17) is 16.3 Å². The van der Waals surface area contributed by atoms with E-state index < -0.39 is 11.4 Å². The molecule has 1 aliphatic heterocycles. The zero-order chi connectivity index (χ0) is 14.9. The normalized spacial score (nSPS) is 20.4. The molecule has 1 N–H and O–H groups in total. The third-order valence-corrected chi connectivity index (χ3v) is 4.29. The van der Waals surface area contributed by atoms with Crippen LogP contribution in [-0.2, 0) is 16.6 Å². The standard InChI is InChI=1S/C16H14ClNO3/c17-13-10-18-7-5-11(13)9-16(15(19)20)6-8-21-14-4-2-1-3-12(14)16/h1-5,7,10H,6,8-9H2,(H,19,20). The highest BCUT2D eigenvalue weighted by Crippen LogP contribution is 2.42. The molecule has 2 heterocycles. The van der Waals surface area contributed by atoms with Crippen molar-refractivity contribution in [1.82, 2.24) is 4.98 Å². The van der Waals surface area contributed by atoms with E-state index in [2.05, 4.69) is 4.98 Å². The molecule has 0 bridgehead atoms. The van der Waals surface area contributed by atoms with Gasteiger partial charge in [0.2, 0.25) is 0 Å². The number of nitrogens with zero attached hydrogens (tertiary/aromatic N) is 1. The van der Waals surface area contributed by atoms with Crippen LogP contribution in [0, 0.1) is 0 Å². The van der Waals surface area contributed by atoms with Gasteiger partial charge in [-0.2, -0.15) is 0 Å². The summed E-state index contributed by atoms with van der Waals surface area (Å²) in [4.78, 5) is 16.0. The Morgan fingerprint density at radius 2 is 2.19 bits per heavy atom. The number of rotatable bonds is 3. The second-order valence-corrected chi connectivity index (χ2v) is 5.53. The summed E-state index contributed by atoms with van der Waals surface area (Å²) in [5.74, 6) is -0.220. The van der Waals surface area contributed by atoms with Gasteiger partial charge in [-0.25, -0.2) is 0 Å². The molecule has 0 radical (unpaired) electrons. The average Bonchev–Trinajstić information content (AvgIpc) is 2.49. The molecule has 1 atom stereocenters. The van der Waals surface area contributed by atoms with Crippen molar-refractivity contribution >= 4 is 17.6 Å². The maximum atomic E-state index is 12.0. The van der Waals surface area contributed by atoms with Crippen LogP contribution in [0.4, 0.5) is 0 Å². The first kappa shape index (κ1) is 13.9. The summed E-state index contributed by atoms with van der Waals surface area (Å²) in [5, 5.41) is 10.4. The maximum Gasteiger partial charge on any atom is 0.314 e. The van der Waals surface area contributed by atoms with Crippen LogP contribution in [0.2, 0.25) is 5.02 Å². The predicted molar refractivity (Wildman–Crippen MR) is 78.8 cm³/mol. The third kappa shape index (κ3) is 2.36. The van der Waals surface area contributed by atoms with Crippen molar-refractivity contribution in [2.24, 2.45) is 0 Å². The summed E-state index contributed by atoms with van der Waals surface area (Å²) in [6.07, 6.45) is 3.90. The Kier molecular flexibility index (Phi) is 3.55. The van der Waals surface area contributed by atoms with Crippen molar-refractivity contribution in [3.63, 3.8) is 0 Å². The van der Waals surface area contributed by atoms with E-state index in [1.54, 1.807) is 18.3 Å². The van der Waals surface area contributed by atoms with Crippen LogP contribution in [0.25, 0.3) is 0 Å². The monoisotopic (exact) mass is 303 g/mol. The molecule has 1 aromatic heterocycles. The molecule has 2 aromatic rings. The highest BCUT2D eigenvalue weighted by Gasteiger charge is 2.45. The Morgan fingerprint density at radius 3 is 2.95 bits per heavy atom. The van der Waals surface area contributed by atoms with Gasteiger partial charge in [0.25, 0.3) is 0 Å². The predicted octanol–water partition coefficient (Wildman–Crippen LogP) is 3.08. The van der Waals surface area contributed by atoms with Gasteiger partial charge < -0.3 is 9.84 Å². The van der Waals surface area contributed by atoms with Crippen molar-refractivity contribution in [2.75, 3.05) is 6.61 Å². The zero-order valence-electron chi connectivity index (χ0n) is 11.3. The third-order valence-electron chi connectivity index (χ3n) is 3.95. The van der Waals surface area contributed by atoms with Crippen LogP contribution in [0.1, 0.15) is 17.5 Å². The van der Waals surface area contributed by atoms with Gasteiger partial charge >= 0.3 is 5.97 Å². The number of carboxylic acids is 1. The van der Waals surface area contributed by atoms with Crippen LogP contribution < -0.4 is 4.74 Å². The fourth-order valence-electron chi connectivity index (χ4n) is 2.81. The summed E-state index contributed by atoms with van der Waals surface area (Å²) in [6, 6.07) is 9.07. The lowest BCUT2D eigenvalue weighted by molar-refractivity contribution is -0.145. The molecule has 0 amide bonds. The molecule has 0 aliphatic carbocycles. The first-order valence-electron chi connectivity index (χ1n) is 6.67. The minimum atomic E-state index is -1.01. The molecule has 0 fully saturated rings. The Bertz CT molecular complexity index is 689. The number of aliphatic carboxylic acids is 1. The second kappa shape index (κ2) is 5.37. The van der Waals surface area contributed by atoms with Crippen LogP contribution in [-0.4, -0.2) is 22.7 Å². The summed E-state index contributed by atoms with van der Waals surface area (Å²) in [5.41, 5.74) is 0.474. The number of hydrogen-bond acceptors (Lipinski definition) is 3. The first-order chi connectivity index (χ1) is 10.1. The van der Waals surface area contributed by atoms with Gasteiger partial charge in [-0.15, -0.1) is 0 Å². The number of aromatic nitrogens is 1. The van der Waals surface area contributed by atoms with Crippen molar-refractivity contribution in [3.8, 4) is 5.75 Å². The minimum absolute atomic E-state index is 0.323. The van der Waals surface area contributed by atoms with Crippen LogP contribution in [0.5, 0.6) is 5.75 Å². The zero-order valence-corrected chi connectivity index (χ0v) is 12.0. The Hall–Kier alpha value is -2.07. The summed E-state index contributed by atoms with van der Waals surface area (Å²) < 4.78 is 5.59. The Morgan fingerprint density at radius 1 is 1.38 bits per heavy atom. The van der Waals surface area contributed by atoms with E-state index in [1.165, 1.54) is 6.20 Å². The van der Waals surface area contributed by atoms with E-state index in [-0.39, 0.29) is 0 Å². The minimum Gasteiger partial charge on any atom is -0.493 e. The Labute approximate surface area is 127 Å². The highest BCUT2D eigenvalue weighted by molar-refractivity contribution is 6.31. The molecule has 1 aliphatic rings. The smallest absolute Gasteiger partial charge is 0.314 e. The summed E-state index contributed by atoms with van der Waals surface area (Å²) in [6.45, 7) is 0.381. The van der Waals surface area contributed by atoms with Crippen molar-refractivity contribution in [3.05, 3.63) is 58.9 Å². The lowest BCUT2D eigenvalue weighted by atomic mass is 9.72. The molecule has 1 unspecified atom stereocenters. The molecule has 3 rings (SSSR count). The van der Waals surface area contributed by atoms with Crippen molar-refractivity contribution < 1.29 is 14.6 Å². The first-order valence-corrected chi connectivity index (χ1v) is 7.05. The van der Waals surface area contributed by atoms with E-state index in [0.717, 1.165) is 5.56 Å². The number of para-hydroxylation sites is 1. The molecule has 0 spiro atoms. The lowest BCUT2D eigenvalue weighted by Crippen LogP contribution is -2.42. The molecule has 4 nitrogen and oxygen atoms in total. The molecule has 5 heteroatoms. The van der Waals surface area contributed by atoms with Crippen LogP contribution >= 0.6 is 11.6 Å². The van der Waals surface area contributed by atoms with Gasteiger partial charge in [-0.3, -0.25) is 9.78 Å². The molecule has 1 aromatic carbocycles. The van der Waals surface area contributed by atoms with Crippen molar-refractivity contribution in [2.45, 2.75) is 18.3 Å². The van der Waals surface area contributed by atoms with Gasteiger partial charge in [-0.05, 0) is 24.1 Å². The number of carbonyl (C=O) groups is 1. The molecule has 108 valence electrons. The number of halogens is 1. The quantitative estimate of drug-likeness (QED) is 0.946. The number of fused-ring (bicyclic) bond motifs is 1. The number of pyridine rings is 1. The van der Waals surface area contributed by atoms with Crippen LogP contribution in [0.15, 0.2) is 42.7 Å². The number of benzene rings is 1. The average molecular weight is 304 g/mol. The maximum absolute atomic E-state index is 12.0. The van der Waals surface area contributed by atoms with Gasteiger partial charge in [-0.1, -0.05) is 29.8 Å². The SMILES string of the molecule is O=C(O)C1(Cc2ccncc2Cl)CCOc2ccccc21. The fraction of sp³-hybridized carbons (Fsp3) is 0.250. The summed E-state index contributed by atoms with van der Waals surface area (Å²) in [7, 11) is 0. The van der Waals surface area contributed by atoms with E-state index in [1.807, 2.05) is 18.2 Å². The molecule has 21 heavy (non-hydrogen) atoms. The topological polar surface area (TPSA) is 59.4 Å². The number of hydrogen-bond donors (Lipinski definition) is 1. The number of carboxylic acid groups (broad SMARTS) is 1. The summed E-state index contributed by atoms with van der Waals surface area (Å²) >= 11 is 6.15. The number of ether oxygens (including phenoxy) is 1. The van der Waals surface area contributed by atoms with E-state index >= 15 is 0 Å². The van der Waals surface area contributed by atoms with Gasteiger partial charge in [0.1, 0.15) is 11.2 Å². The Balaban J connectivity index is 2.11. The second-order valence-electron chi connectivity index (χ2n) is 5.13. The fourth-order valence-corrected chi connectivity index (χ4v) is 3.00. The molecule has 0 saturated carbocycles. The van der Waals surface area contributed by atoms with Crippen molar-refractivity contribution in [1.29, 1.82) is 0 Å². The van der Waals surface area contributed by atoms with Crippen LogP contribution in [0.3, 0.4) is 0 Å². The largest absolute Gasteiger partial charge is 0.493 e. The van der Waals surface area contributed by atoms with Gasteiger partial charge in [0.05, 0.1) is 11.6 Å². The van der Waals surface area contributed by atoms with Gasteiger partial charge in [0, 0.05) is 24.4 Å². The highest BCUT2D eigenvalue weighted by atomic mass is 35.5. The lowest BCUT2D eigenvalue weighted by Gasteiger charge is -2.35. The molecular formula is C16H14ClNO3. The molecular weight excluding hydrogens is 290 g/mol. The molecule has 0 saturated heterocycles. The van der Waals surface area contributed by atoms with E-state index in [0.29, 0.717) is 35.8 Å². The van der Waals surface area contributed by atoms with Gasteiger partial charge in [0.15, 0.2) is 0 Å².